The number of nitrogens with one attached hydrogen (secondary N) is 1. The van der Waals surface area contributed by atoms with E-state index in [-0.39, 0.29) is 23.6 Å². The quantitative estimate of drug-likeness (QED) is 0.248. The second kappa shape index (κ2) is 9.40. The van der Waals surface area contributed by atoms with Crippen molar-refractivity contribution in [2.24, 2.45) is 0 Å². The van der Waals surface area contributed by atoms with Crippen LogP contribution in [0.25, 0.3) is 11.0 Å². The fourth-order valence-corrected chi connectivity index (χ4v) is 4.76. The summed E-state index contributed by atoms with van der Waals surface area (Å²) in [5.74, 6) is -1.71. The number of carbonyl (C=O) groups excluding carboxylic acids is 1. The maximum atomic E-state index is 14.6. The second-order valence-electron chi connectivity index (χ2n) is 8.01. The lowest BCUT2D eigenvalue weighted by Gasteiger charge is -2.28. The Bertz CT molecular complexity index is 1490. The molecule has 3 aromatic carbocycles. The van der Waals surface area contributed by atoms with Crippen molar-refractivity contribution in [2.45, 2.75) is 17.3 Å². The summed E-state index contributed by atoms with van der Waals surface area (Å²) in [5.41, 5.74) is 0.602. The van der Waals surface area contributed by atoms with Gasteiger partial charge >= 0.3 is 0 Å². The van der Waals surface area contributed by atoms with E-state index in [1.807, 2.05) is 6.07 Å². The number of carbonyl (C=O) groups is 1. The molecule has 10 heteroatoms. The first-order valence-corrected chi connectivity index (χ1v) is 11.6. The SMILES string of the molecule is O=C(c1ccccc1)c1ccc2nc(SCC(O)(Cn3cncn3)c3ccc(F)cc3F)[nH]c2c1. The van der Waals surface area contributed by atoms with E-state index in [1.165, 1.54) is 35.2 Å². The lowest BCUT2D eigenvalue weighted by molar-refractivity contribution is 0.0360. The maximum Gasteiger partial charge on any atom is 0.193 e. The lowest BCUT2D eigenvalue weighted by atomic mass is 9.95. The van der Waals surface area contributed by atoms with Crippen molar-refractivity contribution in [1.29, 1.82) is 0 Å². The van der Waals surface area contributed by atoms with E-state index in [0.717, 1.165) is 12.1 Å². The molecule has 0 amide bonds. The van der Waals surface area contributed by atoms with Gasteiger partial charge in [0.1, 0.15) is 29.9 Å². The van der Waals surface area contributed by atoms with Crippen LogP contribution in [-0.4, -0.2) is 41.4 Å². The molecule has 0 aliphatic rings. The van der Waals surface area contributed by atoms with E-state index in [4.69, 9.17) is 0 Å². The molecule has 1 atom stereocenters. The predicted molar refractivity (Wildman–Crippen MR) is 127 cm³/mol. The number of imidazole rings is 1. The van der Waals surface area contributed by atoms with Gasteiger partial charge in [-0.25, -0.2) is 23.4 Å². The number of aromatic amines is 1. The highest BCUT2D eigenvalue weighted by molar-refractivity contribution is 7.99. The number of hydrogen-bond donors (Lipinski definition) is 2. The van der Waals surface area contributed by atoms with Gasteiger partial charge in [0.2, 0.25) is 0 Å². The third-order valence-electron chi connectivity index (χ3n) is 5.53. The molecule has 176 valence electrons. The van der Waals surface area contributed by atoms with Gasteiger partial charge in [-0.05, 0) is 24.3 Å². The molecule has 0 aliphatic carbocycles. The predicted octanol–water partition coefficient (Wildman–Crippen LogP) is 4.34. The summed E-state index contributed by atoms with van der Waals surface area (Å²) in [7, 11) is 0. The van der Waals surface area contributed by atoms with E-state index in [9.17, 15) is 18.7 Å². The van der Waals surface area contributed by atoms with E-state index < -0.39 is 17.2 Å². The summed E-state index contributed by atoms with van der Waals surface area (Å²) in [6.07, 6.45) is 2.71. The molecular weight excluding hydrogens is 472 g/mol. The normalized spacial score (nSPS) is 13.1. The number of benzene rings is 3. The molecule has 2 N–H and O–H groups in total. The number of hydrogen-bond acceptors (Lipinski definition) is 6. The lowest BCUT2D eigenvalue weighted by Crippen LogP contribution is -2.35. The van der Waals surface area contributed by atoms with E-state index in [2.05, 4.69) is 20.1 Å². The summed E-state index contributed by atoms with van der Waals surface area (Å²) in [5, 5.41) is 15.9. The molecule has 0 fully saturated rings. The standard InChI is InChI=1S/C25H19F2N5O2S/c26-18-7-8-19(20(27)11-18)25(34,12-32-15-28-14-29-32)13-35-24-30-21-9-6-17(10-22(21)31-24)23(33)16-4-2-1-3-5-16/h1-11,14-15,34H,12-13H2,(H,30,31). The summed E-state index contributed by atoms with van der Waals surface area (Å²) in [6.45, 7) is -0.0987. The van der Waals surface area contributed by atoms with Crippen LogP contribution in [0.2, 0.25) is 0 Å². The highest BCUT2D eigenvalue weighted by Crippen LogP contribution is 2.33. The van der Waals surface area contributed by atoms with Crippen molar-refractivity contribution in [1.82, 2.24) is 24.7 Å². The molecule has 5 aromatic rings. The zero-order valence-corrected chi connectivity index (χ0v) is 19.0. The Morgan fingerprint density at radius 2 is 1.89 bits per heavy atom. The van der Waals surface area contributed by atoms with E-state index >= 15 is 0 Å². The van der Waals surface area contributed by atoms with Crippen LogP contribution in [0.4, 0.5) is 8.78 Å². The van der Waals surface area contributed by atoms with Gasteiger partial charge in [-0.15, -0.1) is 0 Å². The summed E-state index contributed by atoms with van der Waals surface area (Å²) in [4.78, 5) is 24.3. The van der Waals surface area contributed by atoms with Gasteiger partial charge in [-0.3, -0.25) is 4.79 Å². The van der Waals surface area contributed by atoms with Crippen LogP contribution in [0, 0.1) is 11.6 Å². The highest BCUT2D eigenvalue weighted by Gasteiger charge is 2.34. The van der Waals surface area contributed by atoms with Gasteiger partial charge in [0.25, 0.3) is 0 Å². The minimum Gasteiger partial charge on any atom is -0.382 e. The van der Waals surface area contributed by atoms with Gasteiger partial charge in [0.15, 0.2) is 10.9 Å². The molecule has 1 unspecified atom stereocenters. The van der Waals surface area contributed by atoms with Gasteiger partial charge in [0.05, 0.1) is 17.6 Å². The van der Waals surface area contributed by atoms with Gasteiger partial charge in [0, 0.05) is 28.5 Å². The molecule has 0 saturated carbocycles. The van der Waals surface area contributed by atoms with Gasteiger partial charge in [-0.2, -0.15) is 5.10 Å². The largest absolute Gasteiger partial charge is 0.382 e. The molecule has 0 aliphatic heterocycles. The minimum absolute atomic E-state index is 0.00889. The van der Waals surface area contributed by atoms with Crippen molar-refractivity contribution in [3.63, 3.8) is 0 Å². The van der Waals surface area contributed by atoms with Crippen molar-refractivity contribution in [3.05, 3.63) is 108 Å². The summed E-state index contributed by atoms with van der Waals surface area (Å²) < 4.78 is 29.5. The molecule has 7 nitrogen and oxygen atoms in total. The molecule has 0 saturated heterocycles. The van der Waals surface area contributed by atoms with Crippen LogP contribution in [-0.2, 0) is 12.1 Å². The van der Waals surface area contributed by atoms with Crippen LogP contribution < -0.4 is 0 Å². The molecule has 2 aromatic heterocycles. The van der Waals surface area contributed by atoms with E-state index in [1.54, 1.807) is 42.5 Å². The molecular formula is C25H19F2N5O2S. The van der Waals surface area contributed by atoms with Crippen LogP contribution in [0.1, 0.15) is 21.5 Å². The minimum atomic E-state index is -1.73. The van der Waals surface area contributed by atoms with E-state index in [0.29, 0.717) is 27.3 Å². The Hall–Kier alpha value is -3.89. The summed E-state index contributed by atoms with van der Waals surface area (Å²) in [6, 6.07) is 17.2. The average Bonchev–Trinajstić information content (AvgIpc) is 3.51. The highest BCUT2D eigenvalue weighted by atomic mass is 32.2. The Balaban J connectivity index is 1.41. The third-order valence-corrected chi connectivity index (χ3v) is 6.62. The number of aromatic nitrogens is 5. The Morgan fingerprint density at radius 3 is 2.63 bits per heavy atom. The van der Waals surface area contributed by atoms with Crippen LogP contribution in [0.3, 0.4) is 0 Å². The first-order chi connectivity index (χ1) is 16.9. The number of aliphatic hydroxyl groups is 1. The Labute approximate surface area is 202 Å². The average molecular weight is 492 g/mol. The Morgan fingerprint density at radius 1 is 1.06 bits per heavy atom. The topological polar surface area (TPSA) is 96.7 Å². The van der Waals surface area contributed by atoms with Crippen molar-refractivity contribution < 1.29 is 18.7 Å². The third kappa shape index (κ3) is 4.84. The zero-order valence-electron chi connectivity index (χ0n) is 18.2. The van der Waals surface area contributed by atoms with Crippen LogP contribution in [0.15, 0.2) is 84.5 Å². The van der Waals surface area contributed by atoms with Gasteiger partial charge in [-0.1, -0.05) is 48.2 Å². The summed E-state index contributed by atoms with van der Waals surface area (Å²) >= 11 is 1.17. The molecule has 35 heavy (non-hydrogen) atoms. The fraction of sp³-hybridized carbons (Fsp3) is 0.120. The number of halogens is 2. The first kappa shape index (κ1) is 22.9. The molecule has 0 radical (unpaired) electrons. The molecule has 0 spiro atoms. The van der Waals surface area contributed by atoms with Gasteiger partial charge < -0.3 is 10.1 Å². The smallest absolute Gasteiger partial charge is 0.193 e. The molecule has 0 bridgehead atoms. The van der Waals surface area contributed by atoms with Crippen molar-refractivity contribution >= 4 is 28.6 Å². The first-order valence-electron chi connectivity index (χ1n) is 10.6. The second-order valence-corrected chi connectivity index (χ2v) is 8.97. The fourth-order valence-electron chi connectivity index (χ4n) is 3.80. The number of nitrogens with zero attached hydrogens (tertiary/aromatic N) is 4. The number of H-pyrrole nitrogens is 1. The molecule has 5 rings (SSSR count). The van der Waals surface area contributed by atoms with Crippen LogP contribution >= 0.6 is 11.8 Å². The van der Waals surface area contributed by atoms with Crippen molar-refractivity contribution in [3.8, 4) is 0 Å². The Kier molecular flexibility index (Phi) is 6.14. The van der Waals surface area contributed by atoms with Crippen molar-refractivity contribution in [2.75, 3.05) is 5.75 Å². The number of fused-ring (bicyclic) bond motifs is 1. The monoisotopic (exact) mass is 491 g/mol. The molecule has 2 heterocycles. The number of thioether (sulfide) groups is 1. The zero-order chi connectivity index (χ0) is 24.4. The van der Waals surface area contributed by atoms with Crippen LogP contribution in [0.5, 0.6) is 0 Å². The number of rotatable bonds is 8. The maximum absolute atomic E-state index is 14.6. The number of ketones is 1.